The van der Waals surface area contributed by atoms with Gasteiger partial charge in [-0.25, -0.2) is 8.78 Å². The Bertz CT molecular complexity index is 615. The van der Waals surface area contributed by atoms with Crippen molar-refractivity contribution in [2.75, 3.05) is 0 Å². The topological polar surface area (TPSA) is 17.1 Å². The number of ketones is 1. The largest absolute Gasteiger partial charge is 0.288 e. The molecule has 0 aromatic heterocycles. The van der Waals surface area contributed by atoms with Crippen molar-refractivity contribution in [3.05, 3.63) is 70.3 Å². The molecule has 0 aliphatic carbocycles. The van der Waals surface area contributed by atoms with Crippen LogP contribution < -0.4 is 0 Å². The molecule has 2 aromatic carbocycles. The monoisotopic (exact) mass is 260 g/mol. The van der Waals surface area contributed by atoms with Crippen LogP contribution in [0.2, 0.25) is 0 Å². The molecule has 0 unspecified atom stereocenters. The molecule has 0 aliphatic heterocycles. The number of carbonyl (C=O) groups excluding carboxylic acids is 1. The number of rotatable bonds is 3. The molecule has 2 rings (SSSR count). The zero-order valence-corrected chi connectivity index (χ0v) is 10.8. The molecule has 0 heterocycles. The molecule has 0 saturated heterocycles. The fraction of sp³-hybridized carbons (Fsp3) is 0.188. The van der Waals surface area contributed by atoms with Gasteiger partial charge in [0.15, 0.2) is 5.78 Å². The molecule has 0 aliphatic rings. The summed E-state index contributed by atoms with van der Waals surface area (Å²) < 4.78 is 26.8. The number of aryl methyl sites for hydroxylation is 2. The van der Waals surface area contributed by atoms with Crippen molar-refractivity contribution in [3.63, 3.8) is 0 Å². The lowest BCUT2D eigenvalue weighted by Gasteiger charge is -2.06. The first kappa shape index (κ1) is 13.4. The van der Waals surface area contributed by atoms with Gasteiger partial charge in [-0.1, -0.05) is 31.2 Å². The van der Waals surface area contributed by atoms with Gasteiger partial charge in [-0.2, -0.15) is 0 Å². The van der Waals surface area contributed by atoms with Crippen LogP contribution in [-0.2, 0) is 6.42 Å². The van der Waals surface area contributed by atoms with Crippen LogP contribution in [0.25, 0.3) is 0 Å². The van der Waals surface area contributed by atoms with E-state index in [9.17, 15) is 13.6 Å². The maximum atomic E-state index is 13.7. The van der Waals surface area contributed by atoms with Crippen molar-refractivity contribution in [2.24, 2.45) is 0 Å². The van der Waals surface area contributed by atoms with Gasteiger partial charge in [0, 0.05) is 11.6 Å². The van der Waals surface area contributed by atoms with E-state index in [-0.39, 0.29) is 11.1 Å². The van der Waals surface area contributed by atoms with Crippen molar-refractivity contribution in [1.82, 2.24) is 0 Å². The molecule has 0 radical (unpaired) electrons. The lowest BCUT2D eigenvalue weighted by molar-refractivity contribution is 0.103. The Morgan fingerprint density at radius 2 is 1.68 bits per heavy atom. The predicted molar refractivity (Wildman–Crippen MR) is 70.3 cm³/mol. The zero-order chi connectivity index (χ0) is 14.0. The predicted octanol–water partition coefficient (Wildman–Crippen LogP) is 4.07. The first-order valence-corrected chi connectivity index (χ1v) is 6.12. The van der Waals surface area contributed by atoms with Crippen LogP contribution in [0.3, 0.4) is 0 Å². The first-order valence-electron chi connectivity index (χ1n) is 6.12. The second-order valence-electron chi connectivity index (χ2n) is 4.46. The molecule has 19 heavy (non-hydrogen) atoms. The number of halogens is 2. The Kier molecular flexibility index (Phi) is 3.74. The Balaban J connectivity index is 2.40. The highest BCUT2D eigenvalue weighted by Crippen LogP contribution is 2.18. The average Bonchev–Trinajstić information content (AvgIpc) is 2.42. The van der Waals surface area contributed by atoms with Crippen LogP contribution in [-0.4, -0.2) is 5.78 Å². The molecule has 2 aromatic rings. The molecule has 0 saturated carbocycles. The van der Waals surface area contributed by atoms with E-state index < -0.39 is 17.4 Å². The Labute approximate surface area is 110 Å². The van der Waals surface area contributed by atoms with Crippen molar-refractivity contribution in [1.29, 1.82) is 0 Å². The molecule has 0 atom stereocenters. The standard InChI is InChI=1S/C16H14F2O/c1-3-11-4-6-12(7-5-11)16(19)13-8-10(2)14(17)9-15(13)18/h4-9H,3H2,1-2H3. The van der Waals surface area contributed by atoms with E-state index in [2.05, 4.69) is 0 Å². The summed E-state index contributed by atoms with van der Waals surface area (Å²) in [5.74, 6) is -1.90. The minimum atomic E-state index is -0.826. The molecule has 0 bridgehead atoms. The summed E-state index contributed by atoms with van der Waals surface area (Å²) in [5, 5.41) is 0. The van der Waals surface area contributed by atoms with E-state index in [4.69, 9.17) is 0 Å². The maximum absolute atomic E-state index is 13.7. The normalized spacial score (nSPS) is 10.5. The van der Waals surface area contributed by atoms with Crippen molar-refractivity contribution in [2.45, 2.75) is 20.3 Å². The van der Waals surface area contributed by atoms with Gasteiger partial charge in [-0.3, -0.25) is 4.79 Å². The molecule has 0 fully saturated rings. The van der Waals surface area contributed by atoms with Gasteiger partial charge < -0.3 is 0 Å². The van der Waals surface area contributed by atoms with E-state index in [1.165, 1.54) is 13.0 Å². The number of benzene rings is 2. The van der Waals surface area contributed by atoms with Crippen LogP contribution in [0.5, 0.6) is 0 Å². The quantitative estimate of drug-likeness (QED) is 0.760. The van der Waals surface area contributed by atoms with Crippen LogP contribution in [0.1, 0.15) is 34.0 Å². The van der Waals surface area contributed by atoms with Crippen LogP contribution in [0.15, 0.2) is 36.4 Å². The van der Waals surface area contributed by atoms with Crippen LogP contribution in [0.4, 0.5) is 8.78 Å². The van der Waals surface area contributed by atoms with Gasteiger partial charge in [0.1, 0.15) is 11.6 Å². The van der Waals surface area contributed by atoms with Gasteiger partial charge in [-0.05, 0) is 30.5 Å². The second-order valence-corrected chi connectivity index (χ2v) is 4.46. The summed E-state index contributed by atoms with van der Waals surface area (Å²) in [6.45, 7) is 3.52. The van der Waals surface area contributed by atoms with Crippen molar-refractivity contribution in [3.8, 4) is 0 Å². The summed E-state index contributed by atoms with van der Waals surface area (Å²) >= 11 is 0. The van der Waals surface area contributed by atoms with Gasteiger partial charge in [0.05, 0.1) is 5.56 Å². The van der Waals surface area contributed by atoms with Crippen molar-refractivity contribution < 1.29 is 13.6 Å². The van der Waals surface area contributed by atoms with Gasteiger partial charge in [0.25, 0.3) is 0 Å². The van der Waals surface area contributed by atoms with E-state index >= 15 is 0 Å². The molecular formula is C16H14F2O. The molecule has 98 valence electrons. The fourth-order valence-electron chi connectivity index (χ4n) is 1.88. The third-order valence-electron chi connectivity index (χ3n) is 3.12. The SMILES string of the molecule is CCc1ccc(C(=O)c2cc(C)c(F)cc2F)cc1. The maximum Gasteiger partial charge on any atom is 0.195 e. The zero-order valence-electron chi connectivity index (χ0n) is 10.8. The highest BCUT2D eigenvalue weighted by atomic mass is 19.1. The van der Waals surface area contributed by atoms with E-state index in [1.54, 1.807) is 12.1 Å². The molecule has 0 spiro atoms. The third-order valence-corrected chi connectivity index (χ3v) is 3.12. The van der Waals surface area contributed by atoms with Crippen LogP contribution >= 0.6 is 0 Å². The average molecular weight is 260 g/mol. The van der Waals surface area contributed by atoms with Gasteiger partial charge in [-0.15, -0.1) is 0 Å². The van der Waals surface area contributed by atoms with E-state index in [0.29, 0.717) is 5.56 Å². The number of hydrogen-bond acceptors (Lipinski definition) is 1. The highest BCUT2D eigenvalue weighted by molar-refractivity contribution is 6.09. The molecule has 0 amide bonds. The molecular weight excluding hydrogens is 246 g/mol. The second kappa shape index (κ2) is 5.31. The Hall–Kier alpha value is -2.03. The fourth-order valence-corrected chi connectivity index (χ4v) is 1.88. The van der Waals surface area contributed by atoms with E-state index in [0.717, 1.165) is 18.1 Å². The van der Waals surface area contributed by atoms with Gasteiger partial charge >= 0.3 is 0 Å². The molecule has 1 nitrogen and oxygen atoms in total. The Morgan fingerprint density at radius 1 is 1.05 bits per heavy atom. The lowest BCUT2D eigenvalue weighted by atomic mass is 9.99. The smallest absolute Gasteiger partial charge is 0.195 e. The van der Waals surface area contributed by atoms with Gasteiger partial charge in [0.2, 0.25) is 0 Å². The molecule has 3 heteroatoms. The summed E-state index contributed by atoms with van der Waals surface area (Å²) in [4.78, 5) is 12.2. The van der Waals surface area contributed by atoms with Crippen molar-refractivity contribution >= 4 is 5.78 Å². The summed E-state index contributed by atoms with van der Waals surface area (Å²) in [5.41, 5.74) is 1.67. The minimum absolute atomic E-state index is 0.0943. The molecule has 0 N–H and O–H groups in total. The van der Waals surface area contributed by atoms with Crippen LogP contribution in [0, 0.1) is 18.6 Å². The minimum Gasteiger partial charge on any atom is -0.288 e. The first-order chi connectivity index (χ1) is 9.02. The number of hydrogen-bond donors (Lipinski definition) is 0. The third kappa shape index (κ3) is 2.70. The number of carbonyl (C=O) groups is 1. The lowest BCUT2D eigenvalue weighted by Crippen LogP contribution is -2.06. The summed E-state index contributed by atoms with van der Waals surface area (Å²) in [7, 11) is 0. The highest BCUT2D eigenvalue weighted by Gasteiger charge is 2.16. The Morgan fingerprint density at radius 3 is 2.26 bits per heavy atom. The summed E-state index contributed by atoms with van der Waals surface area (Å²) in [6, 6.07) is 9.01. The summed E-state index contributed by atoms with van der Waals surface area (Å²) in [6.07, 6.45) is 0.873. The van der Waals surface area contributed by atoms with E-state index in [1.807, 2.05) is 19.1 Å².